The van der Waals surface area contributed by atoms with Gasteiger partial charge in [0.1, 0.15) is 5.69 Å². The topological polar surface area (TPSA) is 60.9 Å². The first-order valence-electron chi connectivity index (χ1n) is 5.11. The third kappa shape index (κ3) is 1.91. The van der Waals surface area contributed by atoms with Crippen molar-refractivity contribution in [1.29, 1.82) is 0 Å². The summed E-state index contributed by atoms with van der Waals surface area (Å²) in [5, 5.41) is 6.29. The molecule has 0 bridgehead atoms. The zero-order valence-electron chi connectivity index (χ0n) is 9.01. The van der Waals surface area contributed by atoms with E-state index < -0.39 is 0 Å². The Bertz CT molecular complexity index is 502. The summed E-state index contributed by atoms with van der Waals surface area (Å²) < 4.78 is 1.46. The Kier molecular flexibility index (Phi) is 3.17. The molecular weight excluding hydrogens is 222 g/mol. The van der Waals surface area contributed by atoms with Crippen molar-refractivity contribution in [3.63, 3.8) is 0 Å². The third-order valence-corrected chi connectivity index (χ3v) is 3.23. The van der Waals surface area contributed by atoms with Gasteiger partial charge in [0.05, 0.1) is 4.88 Å². The van der Waals surface area contributed by atoms with Crippen molar-refractivity contribution in [2.75, 3.05) is 0 Å². The van der Waals surface area contributed by atoms with Crippen LogP contribution in [0.4, 0.5) is 0 Å². The van der Waals surface area contributed by atoms with Gasteiger partial charge in [0.25, 0.3) is 5.56 Å². The largest absolute Gasteiger partial charge is 0.326 e. The molecule has 0 aliphatic heterocycles. The van der Waals surface area contributed by atoms with Crippen molar-refractivity contribution in [3.05, 3.63) is 39.5 Å². The first-order chi connectivity index (χ1) is 7.76. The molecule has 2 heterocycles. The zero-order chi connectivity index (χ0) is 11.5. The molecule has 0 aromatic carbocycles. The van der Waals surface area contributed by atoms with Crippen LogP contribution in [0.3, 0.4) is 0 Å². The summed E-state index contributed by atoms with van der Waals surface area (Å²) in [6.45, 7) is 2.71. The van der Waals surface area contributed by atoms with Gasteiger partial charge in [-0.05, 0) is 24.4 Å². The molecule has 2 N–H and O–H groups in total. The second-order valence-corrected chi connectivity index (χ2v) is 4.30. The normalized spacial score (nSPS) is 10.6. The molecule has 2 aromatic rings. The maximum atomic E-state index is 11.8. The average Bonchev–Trinajstić information content (AvgIpc) is 2.83. The van der Waals surface area contributed by atoms with E-state index in [0.29, 0.717) is 12.1 Å². The molecule has 0 saturated heterocycles. The minimum atomic E-state index is -0.0923. The average molecular weight is 235 g/mol. The van der Waals surface area contributed by atoms with Gasteiger partial charge >= 0.3 is 0 Å². The summed E-state index contributed by atoms with van der Waals surface area (Å²) in [7, 11) is 0. The molecule has 0 radical (unpaired) electrons. The molecule has 0 atom stereocenters. The van der Waals surface area contributed by atoms with Crippen LogP contribution < -0.4 is 11.3 Å². The Morgan fingerprint density at radius 1 is 1.56 bits per heavy atom. The van der Waals surface area contributed by atoms with Crippen molar-refractivity contribution in [2.45, 2.75) is 20.0 Å². The number of thiophene rings is 1. The fraction of sp³-hybridized carbons (Fsp3) is 0.273. The zero-order valence-corrected chi connectivity index (χ0v) is 9.83. The van der Waals surface area contributed by atoms with Crippen molar-refractivity contribution in [1.82, 2.24) is 9.78 Å². The van der Waals surface area contributed by atoms with Crippen molar-refractivity contribution in [2.24, 2.45) is 5.73 Å². The van der Waals surface area contributed by atoms with E-state index in [-0.39, 0.29) is 12.1 Å². The SMILES string of the molecule is CCn1nc(-c2cccs2)cc(CN)c1=O. The number of aryl methyl sites for hydroxylation is 1. The Balaban J connectivity index is 2.60. The molecule has 0 saturated carbocycles. The van der Waals surface area contributed by atoms with Gasteiger partial charge in [-0.15, -0.1) is 11.3 Å². The number of nitrogens with two attached hydrogens (primary N) is 1. The fourth-order valence-corrected chi connectivity index (χ4v) is 2.18. The molecule has 84 valence electrons. The van der Waals surface area contributed by atoms with E-state index in [0.717, 1.165) is 10.6 Å². The number of aromatic nitrogens is 2. The van der Waals surface area contributed by atoms with Gasteiger partial charge in [0, 0.05) is 18.7 Å². The molecule has 0 aliphatic carbocycles. The monoisotopic (exact) mass is 235 g/mol. The van der Waals surface area contributed by atoms with E-state index >= 15 is 0 Å². The minimum Gasteiger partial charge on any atom is -0.326 e. The van der Waals surface area contributed by atoms with Crippen LogP contribution in [0, 0.1) is 0 Å². The van der Waals surface area contributed by atoms with E-state index in [2.05, 4.69) is 5.10 Å². The predicted molar refractivity (Wildman–Crippen MR) is 65.4 cm³/mol. The van der Waals surface area contributed by atoms with Gasteiger partial charge < -0.3 is 5.73 Å². The lowest BCUT2D eigenvalue weighted by atomic mass is 10.2. The second-order valence-electron chi connectivity index (χ2n) is 3.36. The molecule has 16 heavy (non-hydrogen) atoms. The molecule has 0 amide bonds. The summed E-state index contributed by atoms with van der Waals surface area (Å²) in [6, 6.07) is 5.73. The molecule has 0 aliphatic rings. The summed E-state index contributed by atoms with van der Waals surface area (Å²) in [4.78, 5) is 12.8. The number of hydrogen-bond acceptors (Lipinski definition) is 4. The molecule has 0 fully saturated rings. The van der Waals surface area contributed by atoms with Crippen LogP contribution in [0.2, 0.25) is 0 Å². The van der Waals surface area contributed by atoms with Gasteiger partial charge in [0.15, 0.2) is 0 Å². The van der Waals surface area contributed by atoms with Crippen molar-refractivity contribution >= 4 is 11.3 Å². The van der Waals surface area contributed by atoms with Gasteiger partial charge in [-0.2, -0.15) is 5.10 Å². The molecule has 4 nitrogen and oxygen atoms in total. The maximum Gasteiger partial charge on any atom is 0.271 e. The van der Waals surface area contributed by atoms with Crippen LogP contribution in [0.1, 0.15) is 12.5 Å². The van der Waals surface area contributed by atoms with Crippen LogP contribution in [0.15, 0.2) is 28.4 Å². The first-order valence-corrected chi connectivity index (χ1v) is 5.99. The second kappa shape index (κ2) is 4.59. The lowest BCUT2D eigenvalue weighted by molar-refractivity contribution is 0.611. The van der Waals surface area contributed by atoms with Crippen molar-refractivity contribution in [3.8, 4) is 10.6 Å². The third-order valence-electron chi connectivity index (χ3n) is 2.34. The van der Waals surface area contributed by atoms with Crippen LogP contribution in [0.25, 0.3) is 10.6 Å². The Morgan fingerprint density at radius 2 is 2.38 bits per heavy atom. The highest BCUT2D eigenvalue weighted by molar-refractivity contribution is 7.13. The summed E-state index contributed by atoms with van der Waals surface area (Å²) >= 11 is 1.60. The molecule has 5 heteroatoms. The minimum absolute atomic E-state index is 0.0923. The van der Waals surface area contributed by atoms with Crippen LogP contribution in [0.5, 0.6) is 0 Å². The Labute approximate surface area is 97.3 Å². The Hall–Kier alpha value is -1.46. The van der Waals surface area contributed by atoms with Crippen LogP contribution in [-0.4, -0.2) is 9.78 Å². The first kappa shape index (κ1) is 11.0. The molecule has 0 unspecified atom stereocenters. The lowest BCUT2D eigenvalue weighted by Crippen LogP contribution is -2.27. The van der Waals surface area contributed by atoms with Crippen LogP contribution >= 0.6 is 11.3 Å². The van der Waals surface area contributed by atoms with Gasteiger partial charge in [-0.1, -0.05) is 6.07 Å². The van der Waals surface area contributed by atoms with Gasteiger partial charge in [0.2, 0.25) is 0 Å². The van der Waals surface area contributed by atoms with E-state index in [1.165, 1.54) is 4.68 Å². The maximum absolute atomic E-state index is 11.8. The predicted octanol–water partition coefficient (Wildman–Crippen LogP) is 1.45. The van der Waals surface area contributed by atoms with Gasteiger partial charge in [-0.25, -0.2) is 4.68 Å². The fourth-order valence-electron chi connectivity index (χ4n) is 1.50. The number of rotatable bonds is 3. The number of hydrogen-bond donors (Lipinski definition) is 1. The summed E-state index contributed by atoms with van der Waals surface area (Å²) in [6.07, 6.45) is 0. The van der Waals surface area contributed by atoms with E-state index in [9.17, 15) is 4.79 Å². The van der Waals surface area contributed by atoms with Crippen molar-refractivity contribution < 1.29 is 0 Å². The van der Waals surface area contributed by atoms with E-state index in [4.69, 9.17) is 5.73 Å². The standard InChI is InChI=1S/C11H13N3OS/c1-2-14-11(15)8(7-12)6-9(13-14)10-4-3-5-16-10/h3-6H,2,7,12H2,1H3. The van der Waals surface area contributed by atoms with E-state index in [1.807, 2.05) is 24.4 Å². The highest BCUT2D eigenvalue weighted by Gasteiger charge is 2.08. The Morgan fingerprint density at radius 3 is 2.94 bits per heavy atom. The van der Waals surface area contributed by atoms with E-state index in [1.54, 1.807) is 17.4 Å². The van der Waals surface area contributed by atoms with Gasteiger partial charge in [-0.3, -0.25) is 4.79 Å². The molecule has 2 aromatic heterocycles. The highest BCUT2D eigenvalue weighted by Crippen LogP contribution is 2.21. The molecular formula is C11H13N3OS. The molecule has 0 spiro atoms. The molecule has 2 rings (SSSR count). The summed E-state index contributed by atoms with van der Waals surface area (Å²) in [5.41, 5.74) is 6.89. The smallest absolute Gasteiger partial charge is 0.271 e. The summed E-state index contributed by atoms with van der Waals surface area (Å²) in [5.74, 6) is 0. The number of nitrogens with zero attached hydrogens (tertiary/aromatic N) is 2. The van der Waals surface area contributed by atoms with Crippen LogP contribution in [-0.2, 0) is 13.1 Å². The highest BCUT2D eigenvalue weighted by atomic mass is 32.1. The quantitative estimate of drug-likeness (QED) is 0.876. The lowest BCUT2D eigenvalue weighted by Gasteiger charge is -2.06.